The Balaban J connectivity index is -0.0000000244. The van der Waals surface area contributed by atoms with Crippen molar-refractivity contribution in [2.24, 2.45) is 0 Å². The maximum absolute atomic E-state index is 7.38. The summed E-state index contributed by atoms with van der Waals surface area (Å²) in [5.41, 5.74) is 0. The van der Waals surface area contributed by atoms with E-state index in [0.29, 0.717) is 28.8 Å². The minimum absolute atomic E-state index is 0. The molecule has 0 aromatic carbocycles. The fourth-order valence-electron chi connectivity index (χ4n) is 0.649. The van der Waals surface area contributed by atoms with E-state index < -0.39 is 35.7 Å². The molecule has 0 spiro atoms. The van der Waals surface area contributed by atoms with Crippen LogP contribution in [0.1, 0.15) is 20.8 Å². The molecule has 8 N–H and O–H groups in total. The first-order valence-electron chi connectivity index (χ1n) is 9.50. The average molecular weight is 704 g/mol. The summed E-state index contributed by atoms with van der Waals surface area (Å²) in [7, 11) is 23.0. The lowest BCUT2D eigenvalue weighted by atomic mass is 10.9. The van der Waals surface area contributed by atoms with Gasteiger partial charge in [0.25, 0.3) is 0 Å². The van der Waals surface area contributed by atoms with Crippen LogP contribution >= 0.6 is 30.1 Å². The number of hydrogen-bond donors (Lipinski definition) is 4. The van der Waals surface area contributed by atoms with Crippen LogP contribution < -0.4 is 0 Å². The van der Waals surface area contributed by atoms with Crippen LogP contribution in [0.15, 0.2) is 0 Å². The maximum atomic E-state index is 7.38. The molecule has 0 fully saturated rings. The summed E-state index contributed by atoms with van der Waals surface area (Å²) in [5, 5.41) is 21.0. The van der Waals surface area contributed by atoms with Gasteiger partial charge in [0.2, 0.25) is 9.20 Å². The highest BCUT2D eigenvalue weighted by Gasteiger charge is 2.28. The lowest BCUT2D eigenvalue weighted by molar-refractivity contribution is 0.107. The molecule has 0 aliphatic rings. The summed E-state index contributed by atoms with van der Waals surface area (Å²) in [5.74, 6) is 2.04. The highest BCUT2D eigenvalue weighted by Crippen LogP contribution is 1.97. The Kier molecular flexibility index (Phi) is 228. The molecule has 0 atom stereocenters. The summed E-state index contributed by atoms with van der Waals surface area (Å²) < 4.78 is 29.4. The molecule has 0 aromatic rings. The van der Waals surface area contributed by atoms with Crippen molar-refractivity contribution in [1.82, 2.24) is 0 Å². The summed E-state index contributed by atoms with van der Waals surface area (Å²) in [6.07, 6.45) is 0. The van der Waals surface area contributed by atoms with E-state index >= 15 is 0 Å². The van der Waals surface area contributed by atoms with Crippen molar-refractivity contribution in [3.63, 3.8) is 0 Å². The third kappa shape index (κ3) is 246. The van der Waals surface area contributed by atoms with E-state index in [-0.39, 0.29) is 42.4 Å². The van der Waals surface area contributed by atoms with Crippen molar-refractivity contribution >= 4 is 106 Å². The molecule has 37 heavy (non-hydrogen) atoms. The summed E-state index contributed by atoms with van der Waals surface area (Å²) >= 11 is -3.36. The molecule has 0 aliphatic heterocycles. The van der Waals surface area contributed by atoms with Gasteiger partial charge in [0.05, 0.1) is 0 Å². The molecule has 0 bridgehead atoms. The molecule has 0 unspecified atom stereocenters. The molecule has 2 radical (unpaired) electrons. The van der Waals surface area contributed by atoms with Gasteiger partial charge in [-0.05, 0) is 36.3 Å². The Bertz CT molecular complexity index is 299. The van der Waals surface area contributed by atoms with Crippen LogP contribution in [-0.4, -0.2) is 170 Å². The van der Waals surface area contributed by atoms with E-state index in [1.165, 1.54) is 0 Å². The summed E-state index contributed by atoms with van der Waals surface area (Å²) in [6, 6.07) is 9.31. The maximum Gasteiger partial charge on any atom is 0.905 e. The summed E-state index contributed by atoms with van der Waals surface area (Å²) in [4.78, 5) is 7.38. The first-order chi connectivity index (χ1) is 16.7. The van der Waals surface area contributed by atoms with E-state index in [1.807, 2.05) is 33.1 Å². The smallest absolute Gasteiger partial charge is 0.521 e. The van der Waals surface area contributed by atoms with Crippen molar-refractivity contribution in [3.8, 4) is 12.0 Å². The van der Waals surface area contributed by atoms with Crippen molar-refractivity contribution in [1.29, 1.82) is 0 Å². The van der Waals surface area contributed by atoms with Gasteiger partial charge in [-0.1, -0.05) is 5.79 Å². The SMILES string of the molecule is C#[Si]C.C#[Si]O.CC[O][Al]([O]CC)[O]CC.CO.CO.CO.C[O][Al][CH3].C[O][Al][O]C.O.O.[Cl][Al]([Cl])[Cl]. The zero-order valence-corrected chi connectivity index (χ0v) is 32.8. The average Bonchev–Trinajstić information content (AvgIpc) is 2.85. The topological polar surface area (TPSA) is 199 Å². The first kappa shape index (κ1) is 72.0. The van der Waals surface area contributed by atoms with Crippen LogP contribution in [0.4, 0.5) is 0 Å². The molecule has 226 valence electrons. The normalized spacial score (nSPS) is 6.03. The zero-order chi connectivity index (χ0) is 30.3. The Morgan fingerprint density at radius 2 is 0.892 bits per heavy atom. The monoisotopic (exact) mass is 702 g/mol. The van der Waals surface area contributed by atoms with E-state index in [1.54, 1.807) is 21.3 Å². The molecule has 0 amide bonds. The van der Waals surface area contributed by atoms with Crippen LogP contribution in [0, 0.1) is 12.0 Å². The predicted molar refractivity (Wildman–Crippen MR) is 163 cm³/mol. The molecule has 0 saturated heterocycles. The van der Waals surface area contributed by atoms with E-state index in [0.717, 1.165) is 21.3 Å². The minimum atomic E-state index is -1.73. The fourth-order valence-corrected chi connectivity index (χ4v) is 1.95. The first-order valence-corrected chi connectivity index (χ1v) is 21.3. The van der Waals surface area contributed by atoms with Gasteiger partial charge >= 0.3 is 58.0 Å². The fraction of sp³-hybridized carbons (Fsp3) is 0.875. The standard InChI is InChI=1S/3C2H5O.C2H4Si.CH2OSi.3CH4O.3CH3O.CH3.4Al.3ClH.2H2O/c3*1-2-3;2*1-3-2;6*1-2;;;;;;;;;;/h3*2H2,1H3;1H,2H3;1-2H;3*2H,1H3;3*1H3;1H3;;;;;3*1H;2*1H2/q3*-1;;;;;;3*-1;;+1;+2;2*+3;;;;;/p-3. The molecule has 0 heterocycles. The number of aliphatic hydroxyl groups is 3. The second kappa shape index (κ2) is 117. The van der Waals surface area contributed by atoms with Gasteiger partial charge in [0.1, 0.15) is 0 Å². The lowest BCUT2D eigenvalue weighted by Gasteiger charge is -2.08. The lowest BCUT2D eigenvalue weighted by Crippen LogP contribution is -2.27. The van der Waals surface area contributed by atoms with Crippen LogP contribution in [0.5, 0.6) is 0 Å². The van der Waals surface area contributed by atoms with Gasteiger partial charge in [-0.15, -0.1) is 6.00 Å². The molecule has 12 nitrogen and oxygen atoms in total. The number of aliphatic hydroxyl groups excluding tert-OH is 3. The molecular weight excluding hydrogens is 655 g/mol. The van der Waals surface area contributed by atoms with Crippen molar-refractivity contribution < 1.29 is 53.8 Å². The zero-order valence-electron chi connectivity index (χ0n) is 24.0. The number of rotatable bonds is 9. The molecule has 0 saturated carbocycles. The number of hydrogen-bond acceptors (Lipinski definition) is 10. The van der Waals surface area contributed by atoms with Crippen molar-refractivity contribution in [2.75, 3.05) is 62.5 Å². The number of halogens is 3. The molecular formula is C16H49Al4Cl3O12Si2. The second-order valence-corrected chi connectivity index (χ2v) is 14.3. The minimum Gasteiger partial charge on any atom is -0.521 e. The van der Waals surface area contributed by atoms with Crippen molar-refractivity contribution in [3.05, 3.63) is 0 Å². The quantitative estimate of drug-likeness (QED) is 0.229. The highest BCUT2D eigenvalue weighted by molar-refractivity contribution is 7.54. The molecule has 0 rings (SSSR count). The summed E-state index contributed by atoms with van der Waals surface area (Å²) in [6.45, 7) is 9.79. The predicted octanol–water partition coefficient (Wildman–Crippen LogP) is -0.427. The second-order valence-electron chi connectivity index (χ2n) is 3.36. The van der Waals surface area contributed by atoms with Gasteiger partial charge < -0.3 is 53.8 Å². The van der Waals surface area contributed by atoms with Crippen LogP contribution in [-0.2, 0) is 22.7 Å². The molecule has 0 aromatic heterocycles. The van der Waals surface area contributed by atoms with Crippen LogP contribution in [0.2, 0.25) is 12.3 Å². The van der Waals surface area contributed by atoms with Crippen molar-refractivity contribution in [2.45, 2.75) is 33.1 Å². The molecule has 21 heteroatoms. The van der Waals surface area contributed by atoms with Gasteiger partial charge in [-0.3, -0.25) is 0 Å². The van der Waals surface area contributed by atoms with Gasteiger partial charge in [0, 0.05) is 62.5 Å². The van der Waals surface area contributed by atoms with Gasteiger partial charge in [-0.2, -0.15) is 6.00 Å². The van der Waals surface area contributed by atoms with E-state index in [9.17, 15) is 0 Å². The Labute approximate surface area is 265 Å². The van der Waals surface area contributed by atoms with E-state index in [2.05, 4.69) is 17.4 Å². The van der Waals surface area contributed by atoms with Crippen LogP contribution in [0.25, 0.3) is 0 Å². The Morgan fingerprint density at radius 1 is 0.730 bits per heavy atom. The van der Waals surface area contributed by atoms with Gasteiger partial charge in [-0.25, -0.2) is 30.1 Å². The Hall–Kier alpha value is 2.35. The third-order valence-corrected chi connectivity index (χ3v) is 4.01. The van der Waals surface area contributed by atoms with Gasteiger partial charge in [0.15, 0.2) is 0 Å². The van der Waals surface area contributed by atoms with Crippen LogP contribution in [0.3, 0.4) is 0 Å². The largest absolute Gasteiger partial charge is 0.905 e. The highest BCUT2D eigenvalue weighted by atomic mass is 35.8. The van der Waals surface area contributed by atoms with E-state index in [4.69, 9.17) is 67.6 Å². The Morgan fingerprint density at radius 3 is 0.946 bits per heavy atom. The molecule has 0 aliphatic carbocycles. The third-order valence-electron chi connectivity index (χ3n) is 1.34.